The standard InChI is InChI=1S/C23H16FN5O3S/c1-29(15-5-3-13(9-25)18(24)7-15)22(30)19-8-16-17(11-26-12-20(16)33-19)14-4-6-21(27-10-14)28-23(31)32-2/h3-8,10-12H,1-2H3,(H,27,28,31). The number of nitriles is 1. The van der Waals surface area contributed by atoms with Crippen molar-refractivity contribution >= 4 is 44.9 Å². The van der Waals surface area contributed by atoms with Gasteiger partial charge in [-0.1, -0.05) is 0 Å². The van der Waals surface area contributed by atoms with Gasteiger partial charge < -0.3 is 9.64 Å². The highest BCUT2D eigenvalue weighted by molar-refractivity contribution is 7.21. The summed E-state index contributed by atoms with van der Waals surface area (Å²) in [5.41, 5.74) is 1.78. The summed E-state index contributed by atoms with van der Waals surface area (Å²) in [6, 6.07) is 11.0. The number of hydrogen-bond donors (Lipinski definition) is 1. The number of thiophene rings is 1. The summed E-state index contributed by atoms with van der Waals surface area (Å²) in [7, 11) is 2.81. The number of carbonyl (C=O) groups is 2. The van der Waals surface area contributed by atoms with Gasteiger partial charge in [-0.25, -0.2) is 14.2 Å². The monoisotopic (exact) mass is 461 g/mol. The Morgan fingerprint density at radius 3 is 2.67 bits per heavy atom. The molecule has 164 valence electrons. The maximum atomic E-state index is 14.0. The van der Waals surface area contributed by atoms with Gasteiger partial charge in [-0.15, -0.1) is 11.3 Å². The van der Waals surface area contributed by atoms with Gasteiger partial charge in [0.05, 0.1) is 22.3 Å². The second-order valence-corrected chi connectivity index (χ2v) is 7.98. The Hall–Kier alpha value is -4.36. The lowest BCUT2D eigenvalue weighted by Gasteiger charge is -2.16. The van der Waals surface area contributed by atoms with Crippen LogP contribution in [0.1, 0.15) is 15.2 Å². The highest BCUT2D eigenvalue weighted by Gasteiger charge is 2.19. The number of carbonyl (C=O) groups excluding carboxylic acids is 2. The van der Waals surface area contributed by atoms with Crippen LogP contribution in [0.4, 0.5) is 20.7 Å². The fourth-order valence-corrected chi connectivity index (χ4v) is 4.19. The zero-order chi connectivity index (χ0) is 23.5. The molecule has 0 atom stereocenters. The van der Waals surface area contributed by atoms with E-state index < -0.39 is 11.9 Å². The van der Waals surface area contributed by atoms with Gasteiger partial charge in [-0.05, 0) is 36.4 Å². The van der Waals surface area contributed by atoms with Crippen molar-refractivity contribution in [3.63, 3.8) is 0 Å². The van der Waals surface area contributed by atoms with Crippen molar-refractivity contribution in [1.82, 2.24) is 9.97 Å². The lowest BCUT2D eigenvalue weighted by atomic mass is 10.1. The van der Waals surface area contributed by atoms with Crippen LogP contribution in [-0.2, 0) is 4.74 Å². The van der Waals surface area contributed by atoms with E-state index in [1.54, 1.807) is 49.9 Å². The number of nitrogens with zero attached hydrogens (tertiary/aromatic N) is 4. The Morgan fingerprint density at radius 1 is 1.18 bits per heavy atom. The number of hydrogen-bond acceptors (Lipinski definition) is 7. The molecule has 4 aromatic rings. The van der Waals surface area contributed by atoms with Crippen LogP contribution in [0, 0.1) is 17.1 Å². The zero-order valence-corrected chi connectivity index (χ0v) is 18.3. The highest BCUT2D eigenvalue weighted by atomic mass is 32.1. The molecule has 0 fully saturated rings. The molecule has 0 saturated carbocycles. The van der Waals surface area contributed by atoms with Gasteiger partial charge in [0.15, 0.2) is 0 Å². The van der Waals surface area contributed by atoms with Gasteiger partial charge in [-0.3, -0.25) is 15.1 Å². The lowest BCUT2D eigenvalue weighted by molar-refractivity contribution is 0.0997. The van der Waals surface area contributed by atoms with E-state index in [0.717, 1.165) is 27.3 Å². The van der Waals surface area contributed by atoms with Crippen LogP contribution in [0.25, 0.3) is 21.2 Å². The molecular formula is C23H16FN5O3S. The quantitative estimate of drug-likeness (QED) is 0.467. The largest absolute Gasteiger partial charge is 0.453 e. The topological polar surface area (TPSA) is 108 Å². The van der Waals surface area contributed by atoms with Crippen LogP contribution in [0.3, 0.4) is 0 Å². The Morgan fingerprint density at radius 2 is 2.00 bits per heavy atom. The number of methoxy groups -OCH3 is 1. The number of amides is 2. The molecule has 0 bridgehead atoms. The normalized spacial score (nSPS) is 10.5. The number of aromatic nitrogens is 2. The fourth-order valence-electron chi connectivity index (χ4n) is 3.16. The average molecular weight is 461 g/mol. The SMILES string of the molecule is COC(=O)Nc1ccc(-c2cncc3sc(C(=O)N(C)c4ccc(C#N)c(F)c4)cc23)cn1. The smallest absolute Gasteiger partial charge is 0.412 e. The summed E-state index contributed by atoms with van der Waals surface area (Å²) in [5.74, 6) is -0.666. The van der Waals surface area contributed by atoms with E-state index in [1.165, 1.54) is 35.5 Å². The van der Waals surface area contributed by atoms with E-state index >= 15 is 0 Å². The molecule has 8 nitrogen and oxygen atoms in total. The van der Waals surface area contributed by atoms with Gasteiger partial charge in [0.25, 0.3) is 5.91 Å². The Bertz CT molecular complexity index is 1410. The van der Waals surface area contributed by atoms with Crippen molar-refractivity contribution in [1.29, 1.82) is 5.26 Å². The third kappa shape index (κ3) is 4.35. The average Bonchev–Trinajstić information content (AvgIpc) is 3.28. The molecule has 1 N–H and O–H groups in total. The van der Waals surface area contributed by atoms with E-state index in [9.17, 15) is 14.0 Å². The Kier molecular flexibility index (Phi) is 5.97. The van der Waals surface area contributed by atoms with Crippen LogP contribution in [0.2, 0.25) is 0 Å². The predicted molar refractivity (Wildman–Crippen MR) is 123 cm³/mol. The van der Waals surface area contributed by atoms with Crippen LogP contribution in [0.5, 0.6) is 0 Å². The van der Waals surface area contributed by atoms with Crippen molar-refractivity contribution in [2.45, 2.75) is 0 Å². The van der Waals surface area contributed by atoms with E-state index in [1.807, 2.05) is 0 Å². The van der Waals surface area contributed by atoms with E-state index in [4.69, 9.17) is 5.26 Å². The molecular weight excluding hydrogens is 445 g/mol. The van der Waals surface area contributed by atoms with E-state index in [0.29, 0.717) is 16.4 Å². The first kappa shape index (κ1) is 21.9. The summed E-state index contributed by atoms with van der Waals surface area (Å²) in [6.07, 6.45) is 4.31. The minimum Gasteiger partial charge on any atom is -0.453 e. The summed E-state index contributed by atoms with van der Waals surface area (Å²) in [6.45, 7) is 0. The first-order valence-electron chi connectivity index (χ1n) is 9.58. The van der Waals surface area contributed by atoms with Crippen LogP contribution < -0.4 is 10.2 Å². The van der Waals surface area contributed by atoms with Crippen molar-refractivity contribution < 1.29 is 18.7 Å². The predicted octanol–water partition coefficient (Wildman–Crippen LogP) is 4.82. The van der Waals surface area contributed by atoms with Gasteiger partial charge in [-0.2, -0.15) is 5.26 Å². The fraction of sp³-hybridized carbons (Fsp3) is 0.0870. The third-order valence-corrected chi connectivity index (χ3v) is 5.97. The van der Waals surface area contributed by atoms with Gasteiger partial charge >= 0.3 is 6.09 Å². The van der Waals surface area contributed by atoms with E-state index in [-0.39, 0.29) is 11.5 Å². The molecule has 10 heteroatoms. The van der Waals surface area contributed by atoms with Crippen molar-refractivity contribution in [3.8, 4) is 17.2 Å². The maximum absolute atomic E-state index is 14.0. The van der Waals surface area contributed by atoms with Gasteiger partial charge in [0.2, 0.25) is 0 Å². The molecule has 0 aliphatic carbocycles. The summed E-state index contributed by atoms with van der Waals surface area (Å²) in [5, 5.41) is 12.2. The molecule has 1 aromatic carbocycles. The highest BCUT2D eigenvalue weighted by Crippen LogP contribution is 2.34. The molecule has 3 aromatic heterocycles. The number of rotatable bonds is 4. The zero-order valence-electron chi connectivity index (χ0n) is 17.5. The summed E-state index contributed by atoms with van der Waals surface area (Å²) in [4.78, 5) is 34.7. The molecule has 3 heterocycles. The molecule has 0 spiro atoms. The molecule has 4 rings (SSSR count). The number of nitrogens with one attached hydrogen (secondary N) is 1. The Labute approximate surface area is 191 Å². The number of pyridine rings is 2. The maximum Gasteiger partial charge on any atom is 0.412 e. The molecule has 0 aliphatic rings. The number of anilines is 2. The molecule has 33 heavy (non-hydrogen) atoms. The molecule has 0 aliphatic heterocycles. The van der Waals surface area contributed by atoms with Gasteiger partial charge in [0.1, 0.15) is 17.7 Å². The van der Waals surface area contributed by atoms with Crippen LogP contribution in [-0.4, -0.2) is 36.1 Å². The van der Waals surface area contributed by atoms with Gasteiger partial charge in [0, 0.05) is 47.8 Å². The molecule has 2 amide bonds. The minimum atomic E-state index is -0.685. The summed E-state index contributed by atoms with van der Waals surface area (Å²) < 4.78 is 19.4. The number of fused-ring (bicyclic) bond motifs is 1. The number of benzene rings is 1. The Balaban J connectivity index is 1.64. The molecule has 0 unspecified atom stereocenters. The van der Waals surface area contributed by atoms with Crippen molar-refractivity contribution in [3.05, 3.63) is 71.2 Å². The van der Waals surface area contributed by atoms with Crippen molar-refractivity contribution in [2.24, 2.45) is 0 Å². The minimum absolute atomic E-state index is 0.0846. The second kappa shape index (κ2) is 9.02. The van der Waals surface area contributed by atoms with Crippen LogP contribution in [0.15, 0.2) is 55.0 Å². The lowest BCUT2D eigenvalue weighted by Crippen LogP contribution is -2.25. The van der Waals surface area contributed by atoms with E-state index in [2.05, 4.69) is 20.0 Å². The first-order valence-corrected chi connectivity index (χ1v) is 10.4. The molecule has 0 radical (unpaired) electrons. The second-order valence-electron chi connectivity index (χ2n) is 6.90. The third-order valence-electron chi connectivity index (χ3n) is 4.91. The van der Waals surface area contributed by atoms with Crippen molar-refractivity contribution in [2.75, 3.05) is 24.4 Å². The van der Waals surface area contributed by atoms with Crippen LogP contribution >= 0.6 is 11.3 Å². The number of ether oxygens (including phenoxy) is 1. The molecule has 0 saturated heterocycles. The first-order chi connectivity index (χ1) is 15.9. The number of halogens is 1. The summed E-state index contributed by atoms with van der Waals surface area (Å²) >= 11 is 1.27.